The molecule has 0 N–H and O–H groups in total. The summed E-state index contributed by atoms with van der Waals surface area (Å²) in [7, 11) is 0. The smallest absolute Gasteiger partial charge is 0.516 e. The molecular formula is C3H5Mg. The zero-order valence-electron chi connectivity index (χ0n) is 2.86. The predicted molar refractivity (Wildman–Crippen MR) is 20.8 cm³/mol. The van der Waals surface area contributed by atoms with Crippen LogP contribution in [-0.2, 0) is 0 Å². The van der Waals surface area contributed by atoms with E-state index in [-0.39, 0.29) is 30.5 Å². The second-order valence-electron chi connectivity index (χ2n) is 0. The summed E-state index contributed by atoms with van der Waals surface area (Å²) in [4.78, 5) is 0. The van der Waals surface area contributed by atoms with Crippen LogP contribution in [0.2, 0.25) is 0 Å². The van der Waals surface area contributed by atoms with Crippen LogP contribution in [0.5, 0.6) is 0 Å². The summed E-state index contributed by atoms with van der Waals surface area (Å²) in [5.74, 6) is 0. The number of hydrogen-bond acceptors (Lipinski definition) is 0. The van der Waals surface area contributed by atoms with Crippen molar-refractivity contribution in [3.8, 4) is 0 Å². The van der Waals surface area contributed by atoms with Gasteiger partial charge in [-0.2, -0.15) is 0 Å². The van der Waals surface area contributed by atoms with Gasteiger partial charge in [-0.05, 0) is 0 Å². The molecule has 0 fully saturated rings. The Labute approximate surface area is 44.1 Å². The molecule has 1 radical (unpaired) electrons. The van der Waals surface area contributed by atoms with Crippen molar-refractivity contribution in [1.82, 2.24) is 0 Å². The van der Waals surface area contributed by atoms with Crippen LogP contribution in [0.15, 0.2) is 0 Å². The zero-order chi connectivity index (χ0) is 2.00. The van der Waals surface area contributed by atoms with Gasteiger partial charge in [0, 0.05) is 0 Å². The Bertz CT molecular complexity index is 3.25. The minimum Gasteiger partial charge on any atom is -0.516 e. The fourth-order valence-electron chi connectivity index (χ4n) is 0. The van der Waals surface area contributed by atoms with Crippen molar-refractivity contribution in [2.24, 2.45) is 0 Å². The van der Waals surface area contributed by atoms with Gasteiger partial charge in [0.25, 0.3) is 0 Å². The molecule has 0 aliphatic heterocycles. The molecule has 0 aromatic heterocycles. The van der Waals surface area contributed by atoms with Crippen LogP contribution < -0.4 is 0 Å². The molecule has 0 atom stereocenters. The molecule has 0 saturated carbocycles. The molecular weight excluding hydrogens is 60.3 g/mol. The Morgan fingerprint density at radius 1 is 1.25 bits per heavy atom. The van der Waals surface area contributed by atoms with Crippen LogP contribution in [0, 0.1) is 20.6 Å². The third-order valence-corrected chi connectivity index (χ3v) is 0. The molecule has 0 unspecified atom stereocenters. The molecule has 0 aromatic carbocycles. The van der Waals surface area contributed by atoms with Crippen LogP contribution in [0.1, 0.15) is 0 Å². The Hall–Kier alpha value is 0.506. The fourth-order valence-corrected chi connectivity index (χ4v) is 0. The topological polar surface area (TPSA) is 0 Å². The van der Waals surface area contributed by atoms with Gasteiger partial charge in [0.1, 0.15) is 0 Å². The quantitative estimate of drug-likeness (QED) is 0.284. The van der Waals surface area contributed by atoms with Gasteiger partial charge in [-0.1, -0.05) is 0 Å². The molecule has 19 valence electrons. The van der Waals surface area contributed by atoms with Crippen molar-refractivity contribution in [1.29, 1.82) is 0 Å². The van der Waals surface area contributed by atoms with Gasteiger partial charge >= 0.3 is 23.1 Å². The van der Waals surface area contributed by atoms with E-state index in [1.807, 2.05) is 0 Å². The van der Waals surface area contributed by atoms with E-state index < -0.39 is 0 Å². The average molecular weight is 65.4 g/mol. The van der Waals surface area contributed by atoms with E-state index in [0.717, 1.165) is 0 Å². The maximum Gasteiger partial charge on any atom is 2.00 e. The van der Waals surface area contributed by atoms with Crippen molar-refractivity contribution in [3.05, 3.63) is 20.6 Å². The normalized spacial score (nSPS) is 1.00. The molecule has 0 aromatic rings. The van der Waals surface area contributed by atoms with Gasteiger partial charge in [-0.15, -0.1) is 0 Å². The molecule has 0 aliphatic carbocycles. The standard InChI is InChI=1S/C2H2.CH3.Mg/c1-2;;/h1-2H;1H3;/q2*-1;+2. The van der Waals surface area contributed by atoms with Crippen molar-refractivity contribution in [2.45, 2.75) is 0 Å². The van der Waals surface area contributed by atoms with E-state index in [1.54, 1.807) is 0 Å². The van der Waals surface area contributed by atoms with Crippen molar-refractivity contribution < 1.29 is 0 Å². The molecule has 0 nitrogen and oxygen atoms in total. The first kappa shape index (κ1) is 24.4. The summed E-state index contributed by atoms with van der Waals surface area (Å²) < 4.78 is 0. The zero-order valence-corrected chi connectivity index (χ0v) is 4.28. The first-order chi connectivity index (χ1) is 1.00. The van der Waals surface area contributed by atoms with E-state index in [4.69, 9.17) is 0 Å². The summed E-state index contributed by atoms with van der Waals surface area (Å²) in [6.45, 7) is 8.00. The maximum atomic E-state index is 4.00. The van der Waals surface area contributed by atoms with E-state index in [9.17, 15) is 0 Å². The van der Waals surface area contributed by atoms with Crippen LogP contribution in [0.4, 0.5) is 0 Å². The Balaban J connectivity index is -0.00000000500. The monoisotopic (exact) mass is 65.0 g/mol. The molecule has 1 heteroatoms. The summed E-state index contributed by atoms with van der Waals surface area (Å²) in [6.07, 6.45) is 0. The summed E-state index contributed by atoms with van der Waals surface area (Å²) in [5.41, 5.74) is 0. The van der Waals surface area contributed by atoms with Crippen molar-refractivity contribution in [3.63, 3.8) is 0 Å². The minimum atomic E-state index is 0. The van der Waals surface area contributed by atoms with Crippen LogP contribution >= 0.6 is 0 Å². The molecule has 0 rings (SSSR count). The largest absolute Gasteiger partial charge is 2.00 e. The van der Waals surface area contributed by atoms with Gasteiger partial charge in [0.05, 0.1) is 0 Å². The van der Waals surface area contributed by atoms with E-state index >= 15 is 0 Å². The predicted octanol–water partition coefficient (Wildman–Crippen LogP) is 0.478. The molecule has 4 heavy (non-hydrogen) atoms. The van der Waals surface area contributed by atoms with E-state index in [1.165, 1.54) is 0 Å². The number of rotatable bonds is 0. The summed E-state index contributed by atoms with van der Waals surface area (Å²) in [6, 6.07) is 0. The molecule has 0 saturated heterocycles. The Kier molecular flexibility index (Phi) is 525. The molecule has 0 heterocycles. The van der Waals surface area contributed by atoms with Gasteiger partial charge in [-0.25, -0.2) is 0 Å². The van der Waals surface area contributed by atoms with Crippen LogP contribution in [-0.4, -0.2) is 23.1 Å². The van der Waals surface area contributed by atoms with E-state index in [2.05, 4.69) is 13.2 Å². The van der Waals surface area contributed by atoms with E-state index in [0.29, 0.717) is 0 Å². The van der Waals surface area contributed by atoms with Gasteiger partial charge < -0.3 is 14.0 Å². The second kappa shape index (κ2) is 85.9. The summed E-state index contributed by atoms with van der Waals surface area (Å²) >= 11 is 0. The van der Waals surface area contributed by atoms with Gasteiger partial charge in [0.15, 0.2) is 0 Å². The average Bonchev–Trinajstić information content (AvgIpc) is 1.00. The van der Waals surface area contributed by atoms with Crippen molar-refractivity contribution in [2.75, 3.05) is 0 Å². The maximum absolute atomic E-state index is 4.00. The van der Waals surface area contributed by atoms with Gasteiger partial charge in [0.2, 0.25) is 0 Å². The third kappa shape index (κ3) is 22.2. The first-order valence-corrected chi connectivity index (χ1v) is 0.333. The van der Waals surface area contributed by atoms with Crippen LogP contribution in [0.3, 0.4) is 0 Å². The molecule has 0 amide bonds. The third-order valence-electron chi connectivity index (χ3n) is 0. The second-order valence-corrected chi connectivity index (χ2v) is 0. The summed E-state index contributed by atoms with van der Waals surface area (Å²) in [5, 5.41) is 0. The number of hydrogen-bond donors (Lipinski definition) is 0. The molecule has 0 aliphatic rings. The fraction of sp³-hybridized carbons (Fsp3) is 0. The SMILES string of the molecule is [CH3-].[CH]=[CH-].[Mg+2]. The Morgan fingerprint density at radius 3 is 1.25 bits per heavy atom. The minimum absolute atomic E-state index is 0. The molecule has 0 bridgehead atoms. The molecule has 0 spiro atoms. The van der Waals surface area contributed by atoms with Crippen molar-refractivity contribution >= 4 is 23.1 Å². The Morgan fingerprint density at radius 2 is 1.25 bits per heavy atom. The van der Waals surface area contributed by atoms with Crippen LogP contribution in [0.25, 0.3) is 0 Å². The first-order valence-electron chi connectivity index (χ1n) is 0.333. The van der Waals surface area contributed by atoms with Gasteiger partial charge in [-0.3, -0.25) is 6.58 Å².